The third-order valence-corrected chi connectivity index (χ3v) is 3.93. The predicted molar refractivity (Wildman–Crippen MR) is 87.2 cm³/mol. The van der Waals surface area contributed by atoms with Crippen molar-refractivity contribution in [2.45, 2.75) is 6.42 Å². The van der Waals surface area contributed by atoms with Gasteiger partial charge >= 0.3 is 0 Å². The van der Waals surface area contributed by atoms with Crippen molar-refractivity contribution in [2.24, 2.45) is 0 Å². The van der Waals surface area contributed by atoms with Crippen molar-refractivity contribution in [3.05, 3.63) is 42.5 Å². The monoisotopic (exact) mass is 322 g/mol. The Balaban J connectivity index is 2.19. The summed E-state index contributed by atoms with van der Waals surface area (Å²) in [6, 6.07) is 12.6. The maximum atomic E-state index is 10.7. The predicted octanol–water partition coefficient (Wildman–Crippen LogP) is 2.17. The Morgan fingerprint density at radius 1 is 1.00 bits per heavy atom. The molecule has 6 nitrogen and oxygen atoms in total. The summed E-state index contributed by atoms with van der Waals surface area (Å²) in [4.78, 5) is 0. The number of benzene rings is 2. The zero-order valence-corrected chi connectivity index (χ0v) is 12.7. The smallest absolute Gasteiger partial charge is 0.264 e. The van der Waals surface area contributed by atoms with Crippen LogP contribution in [0.5, 0.6) is 5.75 Å². The third-order valence-electron chi connectivity index (χ3n) is 3.12. The van der Waals surface area contributed by atoms with Crippen molar-refractivity contribution < 1.29 is 17.7 Å². The van der Waals surface area contributed by atoms with Gasteiger partial charge in [-0.1, -0.05) is 30.3 Å². The standard InChI is InChI=1S/C15H18N2O4S/c16-13-7-3-6-12(15(13)17)11-5-1-2-8-14(11)21-9-4-10-22(18,19)20/h1-3,5-8H,4,9-10,16-17H2,(H,18,19,20). The van der Waals surface area contributed by atoms with Gasteiger partial charge in [-0.05, 0) is 18.6 Å². The molecule has 0 aromatic heterocycles. The zero-order valence-electron chi connectivity index (χ0n) is 11.9. The maximum Gasteiger partial charge on any atom is 0.264 e. The van der Waals surface area contributed by atoms with E-state index in [1.54, 1.807) is 18.2 Å². The first-order valence-corrected chi connectivity index (χ1v) is 8.31. The van der Waals surface area contributed by atoms with Gasteiger partial charge in [-0.2, -0.15) is 8.42 Å². The summed E-state index contributed by atoms with van der Waals surface area (Å²) < 4.78 is 35.7. The van der Waals surface area contributed by atoms with Crippen LogP contribution in [0.15, 0.2) is 42.5 Å². The van der Waals surface area contributed by atoms with Crippen LogP contribution >= 0.6 is 0 Å². The van der Waals surface area contributed by atoms with Crippen LogP contribution in [0.4, 0.5) is 11.4 Å². The highest BCUT2D eigenvalue weighted by Gasteiger charge is 2.11. The molecule has 0 aliphatic rings. The fraction of sp³-hybridized carbons (Fsp3) is 0.200. The van der Waals surface area contributed by atoms with E-state index < -0.39 is 10.1 Å². The highest BCUT2D eigenvalue weighted by Crippen LogP contribution is 2.36. The first-order chi connectivity index (χ1) is 10.4. The second-order valence-electron chi connectivity index (χ2n) is 4.79. The van der Waals surface area contributed by atoms with E-state index in [1.807, 2.05) is 24.3 Å². The molecule has 2 aromatic rings. The van der Waals surface area contributed by atoms with Crippen LogP contribution in [-0.2, 0) is 10.1 Å². The van der Waals surface area contributed by atoms with E-state index in [0.29, 0.717) is 17.1 Å². The van der Waals surface area contributed by atoms with Gasteiger partial charge < -0.3 is 16.2 Å². The van der Waals surface area contributed by atoms with Crippen LogP contribution in [0.2, 0.25) is 0 Å². The lowest BCUT2D eigenvalue weighted by Crippen LogP contribution is -2.09. The Morgan fingerprint density at radius 2 is 1.68 bits per heavy atom. The van der Waals surface area contributed by atoms with Gasteiger partial charge in [-0.25, -0.2) is 0 Å². The Hall–Kier alpha value is -2.25. The average Bonchev–Trinajstić information content (AvgIpc) is 2.46. The molecule has 0 spiro atoms. The second kappa shape index (κ2) is 6.67. The molecule has 0 amide bonds. The molecule has 0 saturated heterocycles. The highest BCUT2D eigenvalue weighted by molar-refractivity contribution is 7.85. The molecule has 0 atom stereocenters. The van der Waals surface area contributed by atoms with Gasteiger partial charge in [0.15, 0.2) is 0 Å². The molecule has 0 radical (unpaired) electrons. The number of rotatable bonds is 6. The Morgan fingerprint density at radius 3 is 2.41 bits per heavy atom. The molecule has 118 valence electrons. The van der Waals surface area contributed by atoms with Gasteiger partial charge in [-0.15, -0.1) is 0 Å². The quantitative estimate of drug-likeness (QED) is 0.426. The van der Waals surface area contributed by atoms with Gasteiger partial charge in [0.25, 0.3) is 10.1 Å². The van der Waals surface area contributed by atoms with E-state index in [1.165, 1.54) is 0 Å². The molecule has 7 heteroatoms. The highest BCUT2D eigenvalue weighted by atomic mass is 32.2. The summed E-state index contributed by atoms with van der Waals surface area (Å²) >= 11 is 0. The minimum absolute atomic E-state index is 0.166. The lowest BCUT2D eigenvalue weighted by Gasteiger charge is -2.14. The molecule has 2 aromatic carbocycles. The van der Waals surface area contributed by atoms with Gasteiger partial charge in [0.1, 0.15) is 5.75 Å². The summed E-state index contributed by atoms with van der Waals surface area (Å²) in [5.74, 6) is 0.241. The lowest BCUT2D eigenvalue weighted by atomic mass is 10.0. The summed E-state index contributed by atoms with van der Waals surface area (Å²) in [5.41, 5.74) is 14.3. The van der Waals surface area contributed by atoms with Crippen LogP contribution in [0.3, 0.4) is 0 Å². The fourth-order valence-electron chi connectivity index (χ4n) is 2.06. The SMILES string of the molecule is Nc1cccc(-c2ccccc2OCCCS(=O)(=O)O)c1N. The van der Waals surface area contributed by atoms with Gasteiger partial charge in [0.2, 0.25) is 0 Å². The normalized spacial score (nSPS) is 11.3. The summed E-state index contributed by atoms with van der Waals surface area (Å²) in [6.45, 7) is 0.166. The minimum atomic E-state index is -3.97. The molecule has 0 fully saturated rings. The first-order valence-electron chi connectivity index (χ1n) is 6.70. The zero-order chi connectivity index (χ0) is 16.2. The van der Waals surface area contributed by atoms with Crippen molar-refractivity contribution in [1.29, 1.82) is 0 Å². The number of nitrogens with two attached hydrogens (primary N) is 2. The van der Waals surface area contributed by atoms with Crippen molar-refractivity contribution in [3.8, 4) is 16.9 Å². The van der Waals surface area contributed by atoms with Crippen molar-refractivity contribution in [2.75, 3.05) is 23.8 Å². The fourth-order valence-corrected chi connectivity index (χ4v) is 2.54. The molecule has 5 N–H and O–H groups in total. The van der Waals surface area contributed by atoms with E-state index in [9.17, 15) is 8.42 Å². The molecule has 0 aliphatic carbocycles. The molecule has 0 bridgehead atoms. The summed E-state index contributed by atoms with van der Waals surface area (Å²) in [5, 5.41) is 0. The number of para-hydroxylation sites is 2. The van der Waals surface area contributed by atoms with Crippen molar-refractivity contribution >= 4 is 21.5 Å². The largest absolute Gasteiger partial charge is 0.493 e. The minimum Gasteiger partial charge on any atom is -0.493 e. The Bertz CT molecular complexity index is 760. The molecular weight excluding hydrogens is 304 g/mol. The van der Waals surface area contributed by atoms with Gasteiger partial charge in [0, 0.05) is 11.1 Å². The number of hydrogen-bond donors (Lipinski definition) is 3. The van der Waals surface area contributed by atoms with E-state index in [-0.39, 0.29) is 18.8 Å². The van der Waals surface area contributed by atoms with E-state index in [4.69, 9.17) is 20.8 Å². The molecule has 0 unspecified atom stereocenters. The Kier molecular flexibility index (Phi) is 4.89. The molecule has 22 heavy (non-hydrogen) atoms. The molecule has 0 saturated carbocycles. The summed E-state index contributed by atoms with van der Waals surface area (Å²) in [6.07, 6.45) is 0.194. The van der Waals surface area contributed by atoms with Crippen LogP contribution in [0.25, 0.3) is 11.1 Å². The molecular formula is C15H18N2O4S. The van der Waals surface area contributed by atoms with E-state index in [2.05, 4.69) is 0 Å². The molecule has 0 heterocycles. The Labute approximate surface area is 129 Å². The van der Waals surface area contributed by atoms with Crippen molar-refractivity contribution in [3.63, 3.8) is 0 Å². The number of anilines is 2. The van der Waals surface area contributed by atoms with Crippen LogP contribution < -0.4 is 16.2 Å². The average molecular weight is 322 g/mol. The van der Waals surface area contributed by atoms with Crippen molar-refractivity contribution in [1.82, 2.24) is 0 Å². The lowest BCUT2D eigenvalue weighted by molar-refractivity contribution is 0.317. The van der Waals surface area contributed by atoms with Crippen LogP contribution in [-0.4, -0.2) is 25.3 Å². The second-order valence-corrected chi connectivity index (χ2v) is 6.36. The molecule has 2 rings (SSSR count). The number of ether oxygens (including phenoxy) is 1. The van der Waals surface area contributed by atoms with E-state index in [0.717, 1.165) is 11.1 Å². The molecule has 0 aliphatic heterocycles. The van der Waals surface area contributed by atoms with Gasteiger partial charge in [0.05, 0.1) is 23.7 Å². The summed E-state index contributed by atoms with van der Waals surface area (Å²) in [7, 11) is -3.97. The van der Waals surface area contributed by atoms with Gasteiger partial charge in [-0.3, -0.25) is 4.55 Å². The number of nitrogen functional groups attached to an aromatic ring is 2. The maximum absolute atomic E-state index is 10.7. The third kappa shape index (κ3) is 4.12. The van der Waals surface area contributed by atoms with Crippen LogP contribution in [0, 0.1) is 0 Å². The number of hydrogen-bond acceptors (Lipinski definition) is 5. The first kappa shape index (κ1) is 16.1. The topological polar surface area (TPSA) is 116 Å². The van der Waals surface area contributed by atoms with E-state index >= 15 is 0 Å². The van der Waals surface area contributed by atoms with Crippen LogP contribution in [0.1, 0.15) is 6.42 Å².